The number of nitrogens with zero attached hydrogens (tertiary/aromatic N) is 3. The van der Waals surface area contributed by atoms with Crippen molar-refractivity contribution in [1.29, 1.82) is 0 Å². The summed E-state index contributed by atoms with van der Waals surface area (Å²) < 4.78 is 31.8. The second-order valence-electron chi connectivity index (χ2n) is 6.01. The van der Waals surface area contributed by atoms with Gasteiger partial charge in [0.1, 0.15) is 10.6 Å². The van der Waals surface area contributed by atoms with E-state index in [1.807, 2.05) is 0 Å². The van der Waals surface area contributed by atoms with Gasteiger partial charge in [0.2, 0.25) is 15.9 Å². The normalized spacial score (nSPS) is 20.9. The highest BCUT2D eigenvalue weighted by Crippen LogP contribution is 2.29. The Labute approximate surface area is 130 Å². The van der Waals surface area contributed by atoms with Crippen molar-refractivity contribution in [2.75, 3.05) is 26.2 Å². The number of aromatic nitrogens is 1. The molecule has 1 saturated heterocycles. The maximum Gasteiger partial charge on any atom is 0.248 e. The van der Waals surface area contributed by atoms with Crippen molar-refractivity contribution in [3.05, 3.63) is 11.5 Å². The van der Waals surface area contributed by atoms with Crippen LogP contribution in [0.4, 0.5) is 0 Å². The number of carbonyl (C=O) groups excluding carboxylic acids is 1. The third kappa shape index (κ3) is 2.54. The third-order valence-electron chi connectivity index (χ3n) is 4.57. The quantitative estimate of drug-likeness (QED) is 0.824. The fraction of sp³-hybridized carbons (Fsp3) is 0.714. The maximum absolute atomic E-state index is 12.7. The van der Waals surface area contributed by atoms with Crippen LogP contribution in [0.15, 0.2) is 9.42 Å². The number of hydrogen-bond donors (Lipinski definition) is 0. The summed E-state index contributed by atoms with van der Waals surface area (Å²) in [6, 6.07) is 0. The smallest absolute Gasteiger partial charge is 0.248 e. The molecule has 1 aliphatic carbocycles. The van der Waals surface area contributed by atoms with E-state index in [1.165, 1.54) is 4.31 Å². The molecule has 2 fully saturated rings. The molecule has 8 heteroatoms. The molecule has 0 aromatic carbocycles. The molecule has 0 atom stereocenters. The van der Waals surface area contributed by atoms with Crippen LogP contribution in [0.25, 0.3) is 0 Å². The number of piperazine rings is 1. The maximum atomic E-state index is 12.7. The second kappa shape index (κ2) is 5.66. The predicted molar refractivity (Wildman–Crippen MR) is 78.7 cm³/mol. The molecule has 1 aliphatic heterocycles. The van der Waals surface area contributed by atoms with Gasteiger partial charge in [0.05, 0.1) is 0 Å². The van der Waals surface area contributed by atoms with E-state index in [4.69, 9.17) is 4.52 Å². The van der Waals surface area contributed by atoms with Crippen LogP contribution >= 0.6 is 0 Å². The molecule has 3 rings (SSSR count). The minimum absolute atomic E-state index is 0.158. The summed E-state index contributed by atoms with van der Waals surface area (Å²) in [5.41, 5.74) is 0.380. The summed E-state index contributed by atoms with van der Waals surface area (Å²) in [6.45, 7) is 4.79. The lowest BCUT2D eigenvalue weighted by Gasteiger charge is -2.37. The van der Waals surface area contributed by atoms with E-state index in [1.54, 1.807) is 18.7 Å². The molecule has 0 bridgehead atoms. The Morgan fingerprint density at radius 1 is 1.18 bits per heavy atom. The first kappa shape index (κ1) is 15.5. The SMILES string of the molecule is Cc1noc(C)c1S(=O)(=O)N1CCN(C(=O)C2CCC2)CC1. The summed E-state index contributed by atoms with van der Waals surface area (Å²) in [4.78, 5) is 14.2. The summed E-state index contributed by atoms with van der Waals surface area (Å²) >= 11 is 0. The van der Waals surface area contributed by atoms with Gasteiger partial charge < -0.3 is 9.42 Å². The van der Waals surface area contributed by atoms with Gasteiger partial charge in [-0.15, -0.1) is 0 Å². The Kier molecular flexibility index (Phi) is 3.98. The molecule has 1 aromatic rings. The predicted octanol–water partition coefficient (Wildman–Crippen LogP) is 0.924. The van der Waals surface area contributed by atoms with Crippen molar-refractivity contribution >= 4 is 15.9 Å². The van der Waals surface area contributed by atoms with Crippen LogP contribution in [-0.2, 0) is 14.8 Å². The Hall–Kier alpha value is -1.41. The lowest BCUT2D eigenvalue weighted by molar-refractivity contribution is -0.139. The molecule has 122 valence electrons. The lowest BCUT2D eigenvalue weighted by Crippen LogP contribution is -2.52. The fourth-order valence-electron chi connectivity index (χ4n) is 3.03. The van der Waals surface area contributed by atoms with Crippen LogP contribution in [0, 0.1) is 19.8 Å². The summed E-state index contributed by atoms with van der Waals surface area (Å²) in [5, 5.41) is 3.72. The minimum Gasteiger partial charge on any atom is -0.360 e. The Morgan fingerprint density at radius 2 is 1.82 bits per heavy atom. The van der Waals surface area contributed by atoms with Crippen molar-refractivity contribution in [2.24, 2.45) is 5.92 Å². The van der Waals surface area contributed by atoms with E-state index in [0.717, 1.165) is 19.3 Å². The molecule has 1 aromatic heterocycles. The minimum atomic E-state index is -3.60. The monoisotopic (exact) mass is 327 g/mol. The van der Waals surface area contributed by atoms with Crippen LogP contribution in [0.2, 0.25) is 0 Å². The average Bonchev–Trinajstić information content (AvgIpc) is 2.77. The zero-order valence-electron chi connectivity index (χ0n) is 12.9. The van der Waals surface area contributed by atoms with Gasteiger partial charge in [-0.25, -0.2) is 8.42 Å². The van der Waals surface area contributed by atoms with E-state index in [-0.39, 0.29) is 16.7 Å². The fourth-order valence-corrected chi connectivity index (χ4v) is 4.75. The standard InChI is InChI=1S/C14H21N3O4S/c1-10-13(11(2)21-15-10)22(19,20)17-8-6-16(7-9-17)14(18)12-4-3-5-12/h12H,3-9H2,1-2H3. The number of rotatable bonds is 3. The number of hydrogen-bond acceptors (Lipinski definition) is 5. The van der Waals surface area contributed by atoms with Crippen LogP contribution in [0.1, 0.15) is 30.7 Å². The van der Waals surface area contributed by atoms with Gasteiger partial charge in [-0.1, -0.05) is 11.6 Å². The highest BCUT2D eigenvalue weighted by Gasteiger charge is 2.36. The van der Waals surface area contributed by atoms with Crippen LogP contribution in [0.5, 0.6) is 0 Å². The highest BCUT2D eigenvalue weighted by atomic mass is 32.2. The Bertz CT molecular complexity index is 651. The molecular formula is C14H21N3O4S. The molecule has 2 heterocycles. The van der Waals surface area contributed by atoms with Crippen molar-refractivity contribution < 1.29 is 17.7 Å². The molecule has 7 nitrogen and oxygen atoms in total. The van der Waals surface area contributed by atoms with Crippen LogP contribution < -0.4 is 0 Å². The molecule has 1 amide bonds. The van der Waals surface area contributed by atoms with Gasteiger partial charge in [-0.2, -0.15) is 4.31 Å². The van der Waals surface area contributed by atoms with E-state index >= 15 is 0 Å². The first-order valence-corrected chi connectivity index (χ1v) is 9.07. The topological polar surface area (TPSA) is 83.7 Å². The van der Waals surface area contributed by atoms with E-state index in [0.29, 0.717) is 37.6 Å². The molecule has 0 N–H and O–H groups in total. The molecule has 2 aliphatic rings. The van der Waals surface area contributed by atoms with E-state index < -0.39 is 10.0 Å². The van der Waals surface area contributed by atoms with E-state index in [9.17, 15) is 13.2 Å². The van der Waals surface area contributed by atoms with Crippen LogP contribution in [0.3, 0.4) is 0 Å². The summed E-state index contributed by atoms with van der Waals surface area (Å²) in [6.07, 6.45) is 3.06. The lowest BCUT2D eigenvalue weighted by atomic mass is 9.84. The number of sulfonamides is 1. The van der Waals surface area contributed by atoms with Crippen LogP contribution in [-0.4, -0.2) is 54.9 Å². The van der Waals surface area contributed by atoms with Gasteiger partial charge in [-0.3, -0.25) is 4.79 Å². The molecular weight excluding hydrogens is 306 g/mol. The van der Waals surface area contributed by atoms with Crippen molar-refractivity contribution in [1.82, 2.24) is 14.4 Å². The largest absolute Gasteiger partial charge is 0.360 e. The first-order valence-electron chi connectivity index (χ1n) is 7.63. The molecule has 22 heavy (non-hydrogen) atoms. The van der Waals surface area contributed by atoms with Gasteiger partial charge >= 0.3 is 0 Å². The van der Waals surface area contributed by atoms with E-state index in [2.05, 4.69) is 5.16 Å². The first-order chi connectivity index (χ1) is 10.4. The Balaban J connectivity index is 1.69. The van der Waals surface area contributed by atoms with Crippen molar-refractivity contribution in [2.45, 2.75) is 38.0 Å². The number of amides is 1. The van der Waals surface area contributed by atoms with Crippen molar-refractivity contribution in [3.63, 3.8) is 0 Å². The van der Waals surface area contributed by atoms with Gasteiger partial charge in [-0.05, 0) is 26.7 Å². The molecule has 0 spiro atoms. The van der Waals surface area contributed by atoms with Gasteiger partial charge in [0.15, 0.2) is 5.76 Å². The molecule has 1 saturated carbocycles. The van der Waals surface area contributed by atoms with Gasteiger partial charge in [0, 0.05) is 32.1 Å². The molecule has 0 unspecified atom stereocenters. The number of carbonyl (C=O) groups is 1. The average molecular weight is 327 g/mol. The summed E-state index contributed by atoms with van der Waals surface area (Å²) in [5.74, 6) is 0.650. The van der Waals surface area contributed by atoms with Gasteiger partial charge in [0.25, 0.3) is 0 Å². The second-order valence-corrected chi connectivity index (χ2v) is 7.89. The summed E-state index contributed by atoms with van der Waals surface area (Å²) in [7, 11) is -3.60. The highest BCUT2D eigenvalue weighted by molar-refractivity contribution is 7.89. The zero-order valence-corrected chi connectivity index (χ0v) is 13.7. The van der Waals surface area contributed by atoms with Crippen molar-refractivity contribution in [3.8, 4) is 0 Å². The third-order valence-corrected chi connectivity index (χ3v) is 6.71. The zero-order chi connectivity index (χ0) is 15.9. The number of aryl methyl sites for hydroxylation is 2. The molecule has 0 radical (unpaired) electrons. The Morgan fingerprint density at radius 3 is 2.27 bits per heavy atom.